The number of nitrogens with one attached hydrogen (secondary N) is 2. The zero-order valence-corrected chi connectivity index (χ0v) is 18.5. The predicted molar refractivity (Wildman–Crippen MR) is 126 cm³/mol. The van der Waals surface area contributed by atoms with Crippen molar-refractivity contribution in [2.45, 2.75) is 11.4 Å². The monoisotopic (exact) mass is 478 g/mol. The summed E-state index contributed by atoms with van der Waals surface area (Å²) in [6, 6.07) is 22.6. The van der Waals surface area contributed by atoms with Gasteiger partial charge in [-0.15, -0.1) is 0 Å². The highest BCUT2D eigenvalue weighted by atomic mass is 32.2. The van der Waals surface area contributed by atoms with E-state index in [0.717, 1.165) is 34.5 Å². The third-order valence-corrected chi connectivity index (χ3v) is 6.18. The highest BCUT2D eigenvalue weighted by molar-refractivity contribution is 7.92. The fraction of sp³-hybridized carbons (Fsp3) is 0.0417. The Hall–Kier alpha value is -4.31. The Morgan fingerprint density at radius 2 is 1.50 bits per heavy atom. The summed E-state index contributed by atoms with van der Waals surface area (Å²) in [6.07, 6.45) is 0. The number of carbonyl (C=O) groups is 1. The van der Waals surface area contributed by atoms with Gasteiger partial charge in [-0.1, -0.05) is 42.5 Å². The summed E-state index contributed by atoms with van der Waals surface area (Å²) in [7, 11) is -4.03. The summed E-state index contributed by atoms with van der Waals surface area (Å²) in [5.74, 6) is -1.14. The van der Waals surface area contributed by atoms with Gasteiger partial charge in [0.05, 0.1) is 22.0 Å². The van der Waals surface area contributed by atoms with E-state index in [2.05, 4.69) is 15.1 Å². The van der Waals surface area contributed by atoms with Crippen molar-refractivity contribution < 1.29 is 17.6 Å². The van der Waals surface area contributed by atoms with E-state index in [1.807, 2.05) is 30.3 Å². The number of nitrogens with zero attached hydrogens (tertiary/aromatic N) is 2. The van der Waals surface area contributed by atoms with E-state index in [0.29, 0.717) is 5.69 Å². The molecule has 0 saturated carbocycles. The van der Waals surface area contributed by atoms with Crippen LogP contribution in [0.2, 0.25) is 0 Å². The minimum absolute atomic E-state index is 0.110. The Labute approximate surface area is 194 Å². The molecule has 10 heteroatoms. The number of para-hydroxylation sites is 2. The topological polar surface area (TPSA) is 110 Å². The summed E-state index contributed by atoms with van der Waals surface area (Å²) < 4.78 is 41.9. The summed E-state index contributed by atoms with van der Waals surface area (Å²) >= 11 is 0. The van der Waals surface area contributed by atoms with Gasteiger partial charge in [0.25, 0.3) is 15.6 Å². The molecule has 3 aromatic carbocycles. The standard InChI is InChI=1S/C24H19FN4O4S/c25-18-10-12-19(13-11-18)34(32,33)28-22-9-5-4-8-21(22)26-23(30)16-29-24(31)15-14-20(27-29)17-6-2-1-3-7-17/h1-15,28H,16H2,(H,26,30). The summed E-state index contributed by atoms with van der Waals surface area (Å²) in [4.78, 5) is 24.8. The number of sulfonamides is 1. The van der Waals surface area contributed by atoms with Gasteiger partial charge in [-0.2, -0.15) is 5.10 Å². The Bertz CT molecular complexity index is 1490. The highest BCUT2D eigenvalue weighted by Crippen LogP contribution is 2.24. The molecule has 0 fully saturated rings. The molecule has 8 nitrogen and oxygen atoms in total. The van der Waals surface area contributed by atoms with Gasteiger partial charge in [0.1, 0.15) is 12.4 Å². The Morgan fingerprint density at radius 3 is 2.21 bits per heavy atom. The van der Waals surface area contributed by atoms with Crippen LogP contribution in [0, 0.1) is 5.82 Å². The number of benzene rings is 3. The maximum absolute atomic E-state index is 13.1. The SMILES string of the molecule is O=C(Cn1nc(-c2ccccc2)ccc1=O)Nc1ccccc1NS(=O)(=O)c1ccc(F)cc1. The number of carbonyl (C=O) groups excluding carboxylic acids is 1. The van der Waals surface area contributed by atoms with Crippen molar-refractivity contribution >= 4 is 27.3 Å². The van der Waals surface area contributed by atoms with Gasteiger partial charge in [-0.05, 0) is 42.5 Å². The first kappa shape index (κ1) is 22.9. The zero-order chi connectivity index (χ0) is 24.1. The van der Waals surface area contributed by atoms with Crippen LogP contribution in [-0.4, -0.2) is 24.1 Å². The molecule has 0 bridgehead atoms. The van der Waals surface area contributed by atoms with E-state index in [-0.39, 0.29) is 22.8 Å². The fourth-order valence-corrected chi connectivity index (χ4v) is 4.23. The molecule has 0 saturated heterocycles. The largest absolute Gasteiger partial charge is 0.323 e. The molecule has 4 rings (SSSR count). The molecule has 1 heterocycles. The van der Waals surface area contributed by atoms with E-state index in [1.54, 1.807) is 18.2 Å². The van der Waals surface area contributed by atoms with E-state index < -0.39 is 27.3 Å². The predicted octanol–water partition coefficient (Wildman–Crippen LogP) is 3.49. The van der Waals surface area contributed by atoms with Crippen LogP contribution in [-0.2, 0) is 21.4 Å². The number of amides is 1. The molecule has 0 aliphatic heterocycles. The van der Waals surface area contributed by atoms with Gasteiger partial charge < -0.3 is 5.32 Å². The van der Waals surface area contributed by atoms with Crippen LogP contribution >= 0.6 is 0 Å². The molecule has 0 aliphatic rings. The van der Waals surface area contributed by atoms with E-state index in [1.165, 1.54) is 18.2 Å². The highest BCUT2D eigenvalue weighted by Gasteiger charge is 2.17. The Balaban J connectivity index is 1.53. The molecular weight excluding hydrogens is 459 g/mol. The van der Waals surface area contributed by atoms with Crippen molar-refractivity contribution in [1.82, 2.24) is 9.78 Å². The van der Waals surface area contributed by atoms with Crippen molar-refractivity contribution in [2.24, 2.45) is 0 Å². The molecular formula is C24H19FN4O4S. The number of hydrogen-bond acceptors (Lipinski definition) is 5. The third-order valence-electron chi connectivity index (χ3n) is 4.80. The quantitative estimate of drug-likeness (QED) is 0.423. The lowest BCUT2D eigenvalue weighted by molar-refractivity contribution is -0.117. The smallest absolute Gasteiger partial charge is 0.267 e. The Kier molecular flexibility index (Phi) is 6.51. The average molecular weight is 479 g/mol. The molecule has 0 radical (unpaired) electrons. The van der Waals surface area contributed by atoms with Gasteiger partial charge in [0.2, 0.25) is 5.91 Å². The molecule has 172 valence electrons. The number of hydrogen-bond donors (Lipinski definition) is 2. The lowest BCUT2D eigenvalue weighted by Crippen LogP contribution is -2.29. The lowest BCUT2D eigenvalue weighted by atomic mass is 10.1. The summed E-state index contributed by atoms with van der Waals surface area (Å²) in [5.41, 5.74) is 1.15. The summed E-state index contributed by atoms with van der Waals surface area (Å²) in [5, 5.41) is 6.86. The van der Waals surface area contributed by atoms with Gasteiger partial charge in [0, 0.05) is 11.6 Å². The van der Waals surface area contributed by atoms with Gasteiger partial charge in [-0.25, -0.2) is 17.5 Å². The maximum Gasteiger partial charge on any atom is 0.267 e. The van der Waals surface area contributed by atoms with E-state index >= 15 is 0 Å². The zero-order valence-electron chi connectivity index (χ0n) is 17.7. The number of halogens is 1. The Morgan fingerprint density at radius 1 is 0.853 bits per heavy atom. The van der Waals surface area contributed by atoms with E-state index in [4.69, 9.17) is 0 Å². The number of anilines is 2. The first-order valence-corrected chi connectivity index (χ1v) is 11.6. The second-order valence-corrected chi connectivity index (χ2v) is 8.92. The maximum atomic E-state index is 13.1. The molecule has 1 amide bonds. The van der Waals surface area contributed by atoms with Crippen molar-refractivity contribution in [3.8, 4) is 11.3 Å². The molecule has 2 N–H and O–H groups in total. The molecule has 0 unspecified atom stereocenters. The van der Waals surface area contributed by atoms with Crippen molar-refractivity contribution in [3.63, 3.8) is 0 Å². The van der Waals surface area contributed by atoms with Crippen LogP contribution < -0.4 is 15.6 Å². The van der Waals surface area contributed by atoms with Crippen LogP contribution in [0.5, 0.6) is 0 Å². The molecule has 34 heavy (non-hydrogen) atoms. The molecule has 0 atom stereocenters. The number of aromatic nitrogens is 2. The van der Waals surface area contributed by atoms with Crippen molar-refractivity contribution in [1.29, 1.82) is 0 Å². The van der Waals surface area contributed by atoms with Crippen molar-refractivity contribution in [2.75, 3.05) is 10.0 Å². The molecule has 4 aromatic rings. The molecule has 0 aliphatic carbocycles. The van der Waals surface area contributed by atoms with Gasteiger partial charge in [-0.3, -0.25) is 14.3 Å². The minimum Gasteiger partial charge on any atom is -0.323 e. The first-order chi connectivity index (χ1) is 16.3. The third kappa shape index (κ3) is 5.36. The van der Waals surface area contributed by atoms with Crippen LogP contribution in [0.25, 0.3) is 11.3 Å². The molecule has 0 spiro atoms. The van der Waals surface area contributed by atoms with E-state index in [9.17, 15) is 22.4 Å². The van der Waals surface area contributed by atoms with Crippen LogP contribution in [0.3, 0.4) is 0 Å². The van der Waals surface area contributed by atoms with Crippen LogP contribution in [0.15, 0.2) is 101 Å². The van der Waals surface area contributed by atoms with Gasteiger partial charge in [0.15, 0.2) is 0 Å². The minimum atomic E-state index is -4.03. The fourth-order valence-electron chi connectivity index (χ4n) is 3.15. The van der Waals surface area contributed by atoms with Crippen LogP contribution in [0.1, 0.15) is 0 Å². The lowest BCUT2D eigenvalue weighted by Gasteiger charge is -2.14. The summed E-state index contributed by atoms with van der Waals surface area (Å²) in [6.45, 7) is -0.376. The van der Waals surface area contributed by atoms with Gasteiger partial charge >= 0.3 is 0 Å². The number of rotatable bonds is 7. The first-order valence-electron chi connectivity index (χ1n) is 10.1. The second-order valence-electron chi connectivity index (χ2n) is 7.23. The van der Waals surface area contributed by atoms with Crippen molar-refractivity contribution in [3.05, 3.63) is 107 Å². The normalized spacial score (nSPS) is 11.1. The van der Waals surface area contributed by atoms with Crippen LogP contribution in [0.4, 0.5) is 15.8 Å². The second kappa shape index (κ2) is 9.67. The molecule has 1 aromatic heterocycles. The average Bonchev–Trinajstić information content (AvgIpc) is 2.82.